The lowest BCUT2D eigenvalue weighted by atomic mass is 10.3. The molecule has 0 radical (unpaired) electrons. The van der Waals surface area contributed by atoms with Crippen molar-refractivity contribution < 1.29 is 18.7 Å². The van der Waals surface area contributed by atoms with Crippen LogP contribution in [0.15, 0.2) is 47.1 Å². The number of hydrogen-bond donors (Lipinski definition) is 0. The largest absolute Gasteiger partial charge is 0.494 e. The fourth-order valence-corrected chi connectivity index (χ4v) is 2.82. The second-order valence-corrected chi connectivity index (χ2v) is 5.86. The molecule has 1 aromatic heterocycles. The molecule has 0 N–H and O–H groups in total. The summed E-state index contributed by atoms with van der Waals surface area (Å²) in [6.45, 7) is 7.21. The first kappa shape index (κ1) is 17.4. The summed E-state index contributed by atoms with van der Waals surface area (Å²) in [5.74, 6) is 2.07. The topological polar surface area (TPSA) is 55.2 Å². The fourth-order valence-electron chi connectivity index (χ4n) is 2.82. The molecular weight excluding hydrogens is 320 g/mol. The van der Waals surface area contributed by atoms with Crippen LogP contribution in [0.25, 0.3) is 0 Å². The molecular formula is C19H24N2O4. The highest BCUT2D eigenvalue weighted by molar-refractivity contribution is 5.91. The molecule has 1 saturated heterocycles. The highest BCUT2D eigenvalue weighted by Crippen LogP contribution is 2.17. The molecule has 2 aromatic rings. The third kappa shape index (κ3) is 4.76. The number of piperazine rings is 1. The summed E-state index contributed by atoms with van der Waals surface area (Å²) in [4.78, 5) is 16.4. The summed E-state index contributed by atoms with van der Waals surface area (Å²) in [5.41, 5.74) is 0. The molecule has 0 atom stereocenters. The van der Waals surface area contributed by atoms with Crippen molar-refractivity contribution in [3.8, 4) is 11.5 Å². The first-order valence-corrected chi connectivity index (χ1v) is 8.67. The van der Waals surface area contributed by atoms with E-state index < -0.39 is 0 Å². The Morgan fingerprint density at radius 3 is 2.32 bits per heavy atom. The fraction of sp³-hybridized carbons (Fsp3) is 0.421. The minimum atomic E-state index is -0.0321. The van der Waals surface area contributed by atoms with Crippen molar-refractivity contribution in [2.24, 2.45) is 0 Å². The van der Waals surface area contributed by atoms with E-state index in [2.05, 4.69) is 4.90 Å². The van der Waals surface area contributed by atoms with Gasteiger partial charge in [-0.1, -0.05) is 0 Å². The number of rotatable bonds is 7. The van der Waals surface area contributed by atoms with Gasteiger partial charge < -0.3 is 18.8 Å². The molecule has 0 unspecified atom stereocenters. The molecule has 6 heteroatoms. The Labute approximate surface area is 147 Å². The van der Waals surface area contributed by atoms with E-state index in [-0.39, 0.29) is 5.91 Å². The summed E-state index contributed by atoms with van der Waals surface area (Å²) in [7, 11) is 0. The highest BCUT2D eigenvalue weighted by Gasteiger charge is 2.23. The lowest BCUT2D eigenvalue weighted by molar-refractivity contribution is 0.0590. The predicted octanol–water partition coefficient (Wildman–Crippen LogP) is 2.52. The first-order chi connectivity index (χ1) is 12.3. The third-order valence-corrected chi connectivity index (χ3v) is 4.20. The number of ether oxygens (including phenoxy) is 2. The van der Waals surface area contributed by atoms with Crippen molar-refractivity contribution in [1.29, 1.82) is 0 Å². The standard InChI is InChI=1S/C19H24N2O4/c1-2-23-16-5-7-17(8-6-16)24-15-13-20-9-11-21(12-10-20)19(22)18-4-3-14-25-18/h3-8,14H,2,9-13,15H2,1H3. The van der Waals surface area contributed by atoms with Crippen molar-refractivity contribution in [3.05, 3.63) is 48.4 Å². The maximum atomic E-state index is 12.2. The lowest BCUT2D eigenvalue weighted by Crippen LogP contribution is -2.49. The quantitative estimate of drug-likeness (QED) is 0.772. The zero-order valence-corrected chi connectivity index (χ0v) is 14.5. The molecule has 1 aliphatic rings. The molecule has 3 rings (SSSR count). The van der Waals surface area contributed by atoms with E-state index in [1.54, 1.807) is 12.1 Å². The molecule has 0 spiro atoms. The Kier molecular flexibility index (Phi) is 5.95. The molecule has 0 saturated carbocycles. The highest BCUT2D eigenvalue weighted by atomic mass is 16.5. The van der Waals surface area contributed by atoms with Gasteiger partial charge in [-0.05, 0) is 43.3 Å². The second kappa shape index (κ2) is 8.58. The number of carbonyl (C=O) groups is 1. The van der Waals surface area contributed by atoms with Gasteiger partial charge in [-0.3, -0.25) is 9.69 Å². The minimum Gasteiger partial charge on any atom is -0.494 e. The summed E-state index contributed by atoms with van der Waals surface area (Å²) < 4.78 is 16.4. The number of benzene rings is 1. The molecule has 1 amide bonds. The zero-order valence-electron chi connectivity index (χ0n) is 14.5. The summed E-state index contributed by atoms with van der Waals surface area (Å²) in [5, 5.41) is 0. The van der Waals surface area contributed by atoms with Crippen molar-refractivity contribution in [3.63, 3.8) is 0 Å². The Hall–Kier alpha value is -2.47. The van der Waals surface area contributed by atoms with E-state index in [0.29, 0.717) is 32.1 Å². The van der Waals surface area contributed by atoms with Crippen LogP contribution in [0.1, 0.15) is 17.5 Å². The van der Waals surface area contributed by atoms with Crippen LogP contribution in [-0.2, 0) is 0 Å². The van der Waals surface area contributed by atoms with Crippen molar-refractivity contribution in [2.75, 3.05) is 45.9 Å². The maximum Gasteiger partial charge on any atom is 0.289 e. The molecule has 134 valence electrons. The van der Waals surface area contributed by atoms with Gasteiger partial charge in [0.25, 0.3) is 5.91 Å². The van der Waals surface area contributed by atoms with Crippen LogP contribution in [-0.4, -0.2) is 61.6 Å². The number of nitrogens with zero attached hydrogens (tertiary/aromatic N) is 2. The Balaban J connectivity index is 1.37. The van der Waals surface area contributed by atoms with Crippen LogP contribution in [0.5, 0.6) is 11.5 Å². The summed E-state index contributed by atoms with van der Waals surface area (Å²) in [6, 6.07) is 11.1. The van der Waals surface area contributed by atoms with E-state index in [9.17, 15) is 4.79 Å². The van der Waals surface area contributed by atoms with Crippen LogP contribution in [0.3, 0.4) is 0 Å². The van der Waals surface area contributed by atoms with Gasteiger partial charge in [0.2, 0.25) is 0 Å². The average molecular weight is 344 g/mol. The monoisotopic (exact) mass is 344 g/mol. The van der Waals surface area contributed by atoms with E-state index in [0.717, 1.165) is 31.1 Å². The van der Waals surface area contributed by atoms with Gasteiger partial charge in [0.15, 0.2) is 5.76 Å². The molecule has 0 aliphatic carbocycles. The Morgan fingerprint density at radius 1 is 1.04 bits per heavy atom. The van der Waals surface area contributed by atoms with Crippen LogP contribution in [0.2, 0.25) is 0 Å². The van der Waals surface area contributed by atoms with Gasteiger partial charge >= 0.3 is 0 Å². The number of amides is 1. The van der Waals surface area contributed by atoms with Gasteiger partial charge in [0.1, 0.15) is 18.1 Å². The van der Waals surface area contributed by atoms with Crippen molar-refractivity contribution in [1.82, 2.24) is 9.80 Å². The first-order valence-electron chi connectivity index (χ1n) is 8.67. The summed E-state index contributed by atoms with van der Waals surface area (Å²) >= 11 is 0. The SMILES string of the molecule is CCOc1ccc(OCCN2CCN(C(=O)c3ccco3)CC2)cc1. The molecule has 6 nitrogen and oxygen atoms in total. The van der Waals surface area contributed by atoms with Crippen molar-refractivity contribution in [2.45, 2.75) is 6.92 Å². The van der Waals surface area contributed by atoms with Gasteiger partial charge in [-0.25, -0.2) is 0 Å². The van der Waals surface area contributed by atoms with Crippen LogP contribution in [0.4, 0.5) is 0 Å². The molecule has 1 aromatic carbocycles. The van der Waals surface area contributed by atoms with Gasteiger partial charge in [-0.15, -0.1) is 0 Å². The van der Waals surface area contributed by atoms with Crippen LogP contribution >= 0.6 is 0 Å². The van der Waals surface area contributed by atoms with Crippen LogP contribution < -0.4 is 9.47 Å². The van der Waals surface area contributed by atoms with E-state index in [4.69, 9.17) is 13.9 Å². The lowest BCUT2D eigenvalue weighted by Gasteiger charge is -2.34. The smallest absolute Gasteiger partial charge is 0.289 e. The molecule has 25 heavy (non-hydrogen) atoms. The third-order valence-electron chi connectivity index (χ3n) is 4.20. The molecule has 1 fully saturated rings. The van der Waals surface area contributed by atoms with Gasteiger partial charge in [-0.2, -0.15) is 0 Å². The number of furan rings is 1. The normalized spacial score (nSPS) is 15.2. The average Bonchev–Trinajstić information content (AvgIpc) is 3.18. The second-order valence-electron chi connectivity index (χ2n) is 5.86. The van der Waals surface area contributed by atoms with Gasteiger partial charge in [0, 0.05) is 32.7 Å². The van der Waals surface area contributed by atoms with Crippen molar-refractivity contribution >= 4 is 5.91 Å². The number of hydrogen-bond acceptors (Lipinski definition) is 5. The van der Waals surface area contributed by atoms with E-state index >= 15 is 0 Å². The Morgan fingerprint density at radius 2 is 1.72 bits per heavy atom. The molecule has 2 heterocycles. The maximum absolute atomic E-state index is 12.2. The number of carbonyl (C=O) groups excluding carboxylic acids is 1. The van der Waals surface area contributed by atoms with Gasteiger partial charge in [0.05, 0.1) is 12.9 Å². The molecule has 1 aliphatic heterocycles. The van der Waals surface area contributed by atoms with E-state index in [1.165, 1.54) is 6.26 Å². The zero-order chi connectivity index (χ0) is 17.5. The molecule has 0 bridgehead atoms. The predicted molar refractivity (Wildman–Crippen MR) is 94.2 cm³/mol. The van der Waals surface area contributed by atoms with E-state index in [1.807, 2.05) is 36.1 Å². The minimum absolute atomic E-state index is 0.0321. The summed E-state index contributed by atoms with van der Waals surface area (Å²) in [6.07, 6.45) is 1.53. The van der Waals surface area contributed by atoms with Crippen LogP contribution in [0, 0.1) is 0 Å². The Bertz CT molecular complexity index is 647.